The van der Waals surface area contributed by atoms with E-state index in [9.17, 15) is 4.79 Å². The van der Waals surface area contributed by atoms with Gasteiger partial charge in [0.1, 0.15) is 17.4 Å². The molecule has 2 saturated carbocycles. The molecule has 0 amide bonds. The molecule has 5 heteroatoms. The van der Waals surface area contributed by atoms with Crippen molar-refractivity contribution in [2.24, 2.45) is 17.8 Å². The van der Waals surface area contributed by atoms with E-state index in [1.165, 1.54) is 56.4 Å². The van der Waals surface area contributed by atoms with Gasteiger partial charge in [0.05, 0.1) is 17.2 Å². The number of ether oxygens (including phenoxy) is 1. The van der Waals surface area contributed by atoms with E-state index in [0.29, 0.717) is 17.4 Å². The lowest BCUT2D eigenvalue weighted by Gasteiger charge is -2.42. The number of hydrogen-bond acceptors (Lipinski definition) is 3. The third kappa shape index (κ3) is 5.43. The molecule has 0 radical (unpaired) electrons. The molecule has 0 heterocycles. The number of fused-ring (bicyclic) bond motifs is 1. The molecule has 4 atom stereocenters. The van der Waals surface area contributed by atoms with Gasteiger partial charge in [-0.1, -0.05) is 32.6 Å². The molecule has 3 nitrogen and oxygen atoms in total. The molecule has 2 aromatic rings. The van der Waals surface area contributed by atoms with Gasteiger partial charge in [-0.15, -0.1) is 0 Å². The van der Waals surface area contributed by atoms with Crippen molar-refractivity contribution in [3.05, 3.63) is 64.7 Å². The van der Waals surface area contributed by atoms with Crippen molar-refractivity contribution < 1.29 is 18.3 Å². The fourth-order valence-corrected chi connectivity index (χ4v) is 5.86. The van der Waals surface area contributed by atoms with Crippen LogP contribution in [0.3, 0.4) is 0 Å². The van der Waals surface area contributed by atoms with Crippen molar-refractivity contribution in [1.82, 2.24) is 0 Å². The van der Waals surface area contributed by atoms with E-state index in [4.69, 9.17) is 10.00 Å². The Morgan fingerprint density at radius 2 is 1.70 bits per heavy atom. The molecule has 0 saturated heterocycles. The molecule has 2 aliphatic rings. The number of carbonyl (C=O) groups excluding carboxylic acids is 1. The average molecular weight is 452 g/mol. The molecule has 2 fully saturated rings. The molecule has 33 heavy (non-hydrogen) atoms. The quantitative estimate of drug-likeness (QED) is 0.337. The summed E-state index contributed by atoms with van der Waals surface area (Å²) in [4.78, 5) is 12.4. The van der Waals surface area contributed by atoms with Crippen molar-refractivity contribution >= 4 is 5.97 Å². The number of hydrogen-bond donors (Lipinski definition) is 0. The Kier molecular flexibility index (Phi) is 7.42. The van der Waals surface area contributed by atoms with Gasteiger partial charge < -0.3 is 4.74 Å². The summed E-state index contributed by atoms with van der Waals surface area (Å²) < 4.78 is 35.3. The zero-order valence-corrected chi connectivity index (χ0v) is 19.2. The fourth-order valence-electron chi connectivity index (χ4n) is 5.86. The van der Waals surface area contributed by atoms with E-state index in [-0.39, 0.29) is 22.8 Å². The first-order chi connectivity index (χ1) is 16.0. The number of benzene rings is 2. The van der Waals surface area contributed by atoms with Gasteiger partial charge >= 0.3 is 5.97 Å². The Bertz CT molecular complexity index is 1000. The van der Waals surface area contributed by atoms with Gasteiger partial charge in [0.2, 0.25) is 0 Å². The van der Waals surface area contributed by atoms with Crippen LogP contribution in [0.25, 0.3) is 0 Å². The topological polar surface area (TPSA) is 50.1 Å². The number of halogens is 2. The van der Waals surface area contributed by atoms with Gasteiger partial charge in [-0.25, -0.2) is 13.6 Å². The Morgan fingerprint density at radius 1 is 1.03 bits per heavy atom. The van der Waals surface area contributed by atoms with E-state index in [2.05, 4.69) is 6.92 Å². The number of nitriles is 1. The first-order valence-corrected chi connectivity index (χ1v) is 12.2. The molecule has 0 aliphatic heterocycles. The van der Waals surface area contributed by atoms with Crippen LogP contribution in [0, 0.1) is 40.7 Å². The first-order valence-electron chi connectivity index (χ1n) is 12.2. The lowest BCUT2D eigenvalue weighted by molar-refractivity contribution is 0.0733. The Labute approximate surface area is 194 Å². The molecular weight excluding hydrogens is 420 g/mol. The highest BCUT2D eigenvalue weighted by molar-refractivity contribution is 5.91. The molecule has 4 rings (SSSR count). The van der Waals surface area contributed by atoms with Crippen LogP contribution in [-0.4, -0.2) is 5.97 Å². The number of rotatable bonds is 6. The van der Waals surface area contributed by atoms with Gasteiger partial charge in [0, 0.05) is 5.56 Å². The second-order valence-electron chi connectivity index (χ2n) is 9.73. The summed E-state index contributed by atoms with van der Waals surface area (Å²) in [5.74, 6) is -0.0237. The van der Waals surface area contributed by atoms with E-state index >= 15 is 8.78 Å². The molecule has 1 unspecified atom stereocenters. The Morgan fingerprint density at radius 3 is 2.36 bits per heavy atom. The molecule has 0 spiro atoms. The maximum absolute atomic E-state index is 15.0. The van der Waals surface area contributed by atoms with Crippen LogP contribution in [-0.2, 0) is 0 Å². The van der Waals surface area contributed by atoms with E-state index in [1.807, 2.05) is 6.07 Å². The second kappa shape index (κ2) is 10.5. The second-order valence-corrected chi connectivity index (χ2v) is 9.73. The molecule has 174 valence electrons. The summed E-state index contributed by atoms with van der Waals surface area (Å²) in [5, 5.41) is 8.85. The van der Waals surface area contributed by atoms with Crippen LogP contribution >= 0.6 is 0 Å². The maximum atomic E-state index is 15.0. The minimum atomic E-state index is -0.821. The van der Waals surface area contributed by atoms with Crippen molar-refractivity contribution in [2.45, 2.75) is 70.6 Å². The molecule has 2 aliphatic carbocycles. The molecular formula is C28H31F2NO2. The Balaban J connectivity index is 1.42. The van der Waals surface area contributed by atoms with Crippen LogP contribution in [0.5, 0.6) is 5.75 Å². The van der Waals surface area contributed by atoms with Crippen LogP contribution < -0.4 is 4.74 Å². The number of nitrogens with zero attached hydrogens (tertiary/aromatic N) is 1. The third-order valence-corrected chi connectivity index (χ3v) is 7.60. The third-order valence-electron chi connectivity index (χ3n) is 7.60. The van der Waals surface area contributed by atoms with Gasteiger partial charge in [0.15, 0.2) is 0 Å². The van der Waals surface area contributed by atoms with Crippen LogP contribution in [0.4, 0.5) is 8.78 Å². The highest BCUT2D eigenvalue weighted by atomic mass is 19.1. The van der Waals surface area contributed by atoms with Crippen molar-refractivity contribution in [2.75, 3.05) is 0 Å². The summed E-state index contributed by atoms with van der Waals surface area (Å²) in [7, 11) is 0. The SMILES string of the molecule is CCCC[C@H]1CC[C@@H]2CC(c3c(F)cc(C(=O)Oc4ccc(C#N)cc4)cc3F)CC[C@H]2C1. The molecule has 2 aromatic carbocycles. The highest BCUT2D eigenvalue weighted by Gasteiger charge is 2.37. The van der Waals surface area contributed by atoms with Gasteiger partial charge in [0.25, 0.3) is 0 Å². The van der Waals surface area contributed by atoms with E-state index in [0.717, 1.165) is 43.7 Å². The smallest absolute Gasteiger partial charge is 0.343 e. The molecule has 0 N–H and O–H groups in total. The summed E-state index contributed by atoms with van der Waals surface area (Å²) in [6, 6.07) is 10.2. The van der Waals surface area contributed by atoms with E-state index in [1.54, 1.807) is 0 Å². The average Bonchev–Trinajstić information content (AvgIpc) is 2.82. The van der Waals surface area contributed by atoms with Crippen molar-refractivity contribution in [3.63, 3.8) is 0 Å². The summed E-state index contributed by atoms with van der Waals surface area (Å²) in [6.07, 6.45) is 10.2. The lowest BCUT2D eigenvalue weighted by Crippen LogP contribution is -2.31. The number of unbranched alkanes of at least 4 members (excludes halogenated alkanes) is 1. The van der Waals surface area contributed by atoms with Gasteiger partial charge in [-0.3, -0.25) is 0 Å². The standard InChI is InChI=1S/C28H31F2NO2/c1-2-3-4-18-5-8-21-14-22(10-9-20(21)13-18)27-25(29)15-23(16-26(27)30)28(32)33-24-11-6-19(17-31)7-12-24/h6-7,11-12,15-16,18,20-22H,2-5,8-10,13-14H2,1H3/t18-,20-,21+,22?/m0/s1. The summed E-state index contributed by atoms with van der Waals surface area (Å²) >= 11 is 0. The minimum Gasteiger partial charge on any atom is -0.423 e. The fraction of sp³-hybridized carbons (Fsp3) is 0.500. The minimum absolute atomic E-state index is 0.122. The molecule has 0 bridgehead atoms. The largest absolute Gasteiger partial charge is 0.423 e. The van der Waals surface area contributed by atoms with Gasteiger partial charge in [-0.2, -0.15) is 5.26 Å². The zero-order valence-electron chi connectivity index (χ0n) is 19.2. The highest BCUT2D eigenvalue weighted by Crippen LogP contribution is 2.49. The van der Waals surface area contributed by atoms with Crippen molar-refractivity contribution in [1.29, 1.82) is 5.26 Å². The van der Waals surface area contributed by atoms with Crippen LogP contribution in [0.15, 0.2) is 36.4 Å². The summed E-state index contributed by atoms with van der Waals surface area (Å²) in [6.45, 7) is 2.23. The van der Waals surface area contributed by atoms with E-state index < -0.39 is 17.6 Å². The van der Waals surface area contributed by atoms with Crippen LogP contribution in [0.2, 0.25) is 0 Å². The Hall–Kier alpha value is -2.74. The van der Waals surface area contributed by atoms with Crippen LogP contribution in [0.1, 0.15) is 92.1 Å². The molecule has 0 aromatic heterocycles. The number of esters is 1. The predicted molar refractivity (Wildman–Crippen MR) is 123 cm³/mol. The summed E-state index contributed by atoms with van der Waals surface area (Å²) in [5.41, 5.74) is 0.403. The monoisotopic (exact) mass is 451 g/mol. The first kappa shape index (κ1) is 23.4. The van der Waals surface area contributed by atoms with Crippen molar-refractivity contribution in [3.8, 4) is 11.8 Å². The maximum Gasteiger partial charge on any atom is 0.343 e. The number of carbonyl (C=O) groups is 1. The zero-order chi connectivity index (χ0) is 23.4. The predicted octanol–water partition coefficient (Wildman–Crippen LogP) is 7.55. The lowest BCUT2D eigenvalue weighted by atomic mass is 9.63. The normalized spacial score (nSPS) is 24.5. The van der Waals surface area contributed by atoms with Gasteiger partial charge in [-0.05, 0) is 92.2 Å².